The molecule has 1 aromatic heterocycles. The van der Waals surface area contributed by atoms with Crippen molar-refractivity contribution in [1.29, 1.82) is 0 Å². The normalized spacial score (nSPS) is 12.2. The molecule has 2 N–H and O–H groups in total. The van der Waals surface area contributed by atoms with E-state index in [0.29, 0.717) is 5.56 Å². The molecule has 0 fully saturated rings. The van der Waals surface area contributed by atoms with Crippen LogP contribution >= 0.6 is 0 Å². The van der Waals surface area contributed by atoms with E-state index in [2.05, 4.69) is 43.3 Å². The van der Waals surface area contributed by atoms with E-state index < -0.39 is 0 Å². The number of nitrogens with zero attached hydrogens (tertiary/aromatic N) is 1. The van der Waals surface area contributed by atoms with E-state index in [1.54, 1.807) is 6.20 Å². The van der Waals surface area contributed by atoms with Gasteiger partial charge in [0.2, 0.25) is 0 Å². The van der Waals surface area contributed by atoms with Crippen LogP contribution in [0.3, 0.4) is 0 Å². The summed E-state index contributed by atoms with van der Waals surface area (Å²) in [4.78, 5) is 16.4. The Balaban J connectivity index is 2.40. The second kappa shape index (κ2) is 9.37. The van der Waals surface area contributed by atoms with Gasteiger partial charge >= 0.3 is 0 Å². The molecule has 21 heavy (non-hydrogen) atoms. The molecule has 1 amide bonds. The Labute approximate surface area is 128 Å². The maximum absolute atomic E-state index is 12.1. The van der Waals surface area contributed by atoms with E-state index in [9.17, 15) is 4.79 Å². The zero-order chi connectivity index (χ0) is 15.7. The zero-order valence-electron chi connectivity index (χ0n) is 13.8. The molecule has 0 saturated heterocycles. The Morgan fingerprint density at radius 2 is 2.00 bits per heavy atom. The fraction of sp³-hybridized carbons (Fsp3) is 0.647. The van der Waals surface area contributed by atoms with Gasteiger partial charge in [-0.2, -0.15) is 0 Å². The van der Waals surface area contributed by atoms with Crippen molar-refractivity contribution in [3.63, 3.8) is 0 Å². The number of hydrogen-bond donors (Lipinski definition) is 2. The monoisotopic (exact) mass is 291 g/mol. The lowest BCUT2D eigenvalue weighted by atomic mass is 10.0. The number of carbonyl (C=O) groups excluding carboxylic acids is 1. The predicted molar refractivity (Wildman–Crippen MR) is 88.6 cm³/mol. The van der Waals surface area contributed by atoms with Gasteiger partial charge in [-0.15, -0.1) is 0 Å². The van der Waals surface area contributed by atoms with Crippen LogP contribution in [0.15, 0.2) is 18.3 Å². The predicted octanol–water partition coefficient (Wildman–Crippen LogP) is 3.85. The smallest absolute Gasteiger partial charge is 0.253 e. The van der Waals surface area contributed by atoms with Crippen LogP contribution in [0.4, 0.5) is 5.82 Å². The van der Waals surface area contributed by atoms with Crippen LogP contribution in [-0.2, 0) is 0 Å². The Morgan fingerprint density at radius 1 is 1.24 bits per heavy atom. The van der Waals surface area contributed by atoms with Gasteiger partial charge in [0.1, 0.15) is 5.82 Å². The van der Waals surface area contributed by atoms with Crippen molar-refractivity contribution in [1.82, 2.24) is 10.3 Å². The first kappa shape index (κ1) is 17.5. The molecule has 1 rings (SSSR count). The lowest BCUT2D eigenvalue weighted by Gasteiger charge is -2.14. The number of aromatic nitrogens is 1. The van der Waals surface area contributed by atoms with Gasteiger partial charge < -0.3 is 10.6 Å². The molecule has 0 bridgehead atoms. The number of rotatable bonds is 9. The Morgan fingerprint density at radius 3 is 2.57 bits per heavy atom. The van der Waals surface area contributed by atoms with Crippen LogP contribution in [-0.4, -0.2) is 23.5 Å². The summed E-state index contributed by atoms with van der Waals surface area (Å²) < 4.78 is 0. The van der Waals surface area contributed by atoms with E-state index in [4.69, 9.17) is 0 Å². The first-order chi connectivity index (χ1) is 10.0. The average molecular weight is 291 g/mol. The number of pyridine rings is 1. The Bertz CT molecular complexity index is 415. The third-order valence-corrected chi connectivity index (χ3v) is 3.38. The topological polar surface area (TPSA) is 54.0 Å². The number of carbonyl (C=O) groups is 1. The summed E-state index contributed by atoms with van der Waals surface area (Å²) in [5, 5.41) is 6.23. The summed E-state index contributed by atoms with van der Waals surface area (Å²) >= 11 is 0. The molecule has 0 spiro atoms. The van der Waals surface area contributed by atoms with Crippen molar-refractivity contribution in [2.24, 2.45) is 5.92 Å². The number of anilines is 1. The van der Waals surface area contributed by atoms with E-state index in [-0.39, 0.29) is 11.9 Å². The van der Waals surface area contributed by atoms with Crippen molar-refractivity contribution in [2.75, 3.05) is 11.9 Å². The first-order valence-electron chi connectivity index (χ1n) is 8.03. The van der Waals surface area contributed by atoms with Gasteiger partial charge in [-0.3, -0.25) is 4.79 Å². The summed E-state index contributed by atoms with van der Waals surface area (Å²) in [6.07, 6.45) is 6.07. The Hall–Kier alpha value is -1.58. The van der Waals surface area contributed by atoms with Gasteiger partial charge in [0, 0.05) is 18.8 Å². The van der Waals surface area contributed by atoms with Crippen molar-refractivity contribution in [3.05, 3.63) is 23.9 Å². The fourth-order valence-electron chi connectivity index (χ4n) is 2.10. The lowest BCUT2D eigenvalue weighted by Crippen LogP contribution is -2.32. The summed E-state index contributed by atoms with van der Waals surface area (Å²) in [5.74, 6) is 1.50. The molecule has 0 radical (unpaired) electrons. The summed E-state index contributed by atoms with van der Waals surface area (Å²) in [7, 11) is 0. The third kappa shape index (κ3) is 7.11. The van der Waals surface area contributed by atoms with Crippen LogP contribution in [0.2, 0.25) is 0 Å². The fourth-order valence-corrected chi connectivity index (χ4v) is 2.10. The molecule has 1 unspecified atom stereocenters. The number of nitrogens with one attached hydrogen (secondary N) is 2. The van der Waals surface area contributed by atoms with E-state index in [1.165, 1.54) is 6.42 Å². The molecule has 1 heterocycles. The second-order valence-corrected chi connectivity index (χ2v) is 6.06. The van der Waals surface area contributed by atoms with Crippen LogP contribution in [0.1, 0.15) is 63.7 Å². The third-order valence-electron chi connectivity index (χ3n) is 3.38. The number of hydrogen-bond acceptors (Lipinski definition) is 3. The summed E-state index contributed by atoms with van der Waals surface area (Å²) in [6, 6.07) is 3.88. The van der Waals surface area contributed by atoms with Crippen molar-refractivity contribution in [2.45, 2.75) is 59.4 Å². The minimum atomic E-state index is -0.0402. The van der Waals surface area contributed by atoms with Crippen molar-refractivity contribution in [3.8, 4) is 0 Å². The quantitative estimate of drug-likeness (QED) is 0.726. The molecular weight excluding hydrogens is 262 g/mol. The van der Waals surface area contributed by atoms with E-state index in [1.807, 2.05) is 12.1 Å². The number of amides is 1. The van der Waals surface area contributed by atoms with Crippen molar-refractivity contribution < 1.29 is 4.79 Å². The molecule has 0 aliphatic rings. The zero-order valence-corrected chi connectivity index (χ0v) is 13.8. The molecule has 4 nitrogen and oxygen atoms in total. The SMILES string of the molecule is CCCNc1ccc(C(=O)NC(C)CCCC(C)C)cn1. The molecule has 0 aromatic carbocycles. The largest absolute Gasteiger partial charge is 0.370 e. The van der Waals surface area contributed by atoms with Gasteiger partial charge in [-0.25, -0.2) is 4.98 Å². The average Bonchev–Trinajstić information content (AvgIpc) is 2.45. The van der Waals surface area contributed by atoms with Gasteiger partial charge in [-0.1, -0.05) is 33.6 Å². The first-order valence-corrected chi connectivity index (χ1v) is 8.03. The standard InChI is InChI=1S/C17H29N3O/c1-5-11-18-16-10-9-15(12-19-16)17(21)20-14(4)8-6-7-13(2)3/h9-10,12-14H,5-8,11H2,1-4H3,(H,18,19)(H,20,21). The van der Waals surface area contributed by atoms with Gasteiger partial charge in [0.05, 0.1) is 5.56 Å². The lowest BCUT2D eigenvalue weighted by molar-refractivity contribution is 0.0937. The van der Waals surface area contributed by atoms with Gasteiger partial charge in [0.25, 0.3) is 5.91 Å². The molecule has 0 saturated carbocycles. The molecule has 118 valence electrons. The Kier molecular flexibility index (Phi) is 7.80. The van der Waals surface area contributed by atoms with Crippen LogP contribution in [0.5, 0.6) is 0 Å². The van der Waals surface area contributed by atoms with E-state index >= 15 is 0 Å². The van der Waals surface area contributed by atoms with Crippen LogP contribution in [0.25, 0.3) is 0 Å². The minimum absolute atomic E-state index is 0.0402. The molecule has 4 heteroatoms. The molecule has 1 atom stereocenters. The highest BCUT2D eigenvalue weighted by atomic mass is 16.1. The second-order valence-electron chi connectivity index (χ2n) is 6.06. The highest BCUT2D eigenvalue weighted by molar-refractivity contribution is 5.94. The van der Waals surface area contributed by atoms with Gasteiger partial charge in [0.15, 0.2) is 0 Å². The van der Waals surface area contributed by atoms with E-state index in [0.717, 1.165) is 37.5 Å². The van der Waals surface area contributed by atoms with Gasteiger partial charge in [-0.05, 0) is 37.8 Å². The van der Waals surface area contributed by atoms with Crippen LogP contribution < -0.4 is 10.6 Å². The maximum Gasteiger partial charge on any atom is 0.253 e. The molecular formula is C17H29N3O. The van der Waals surface area contributed by atoms with Crippen LogP contribution in [0, 0.1) is 5.92 Å². The summed E-state index contributed by atoms with van der Waals surface area (Å²) in [5.41, 5.74) is 0.618. The minimum Gasteiger partial charge on any atom is -0.370 e. The molecule has 0 aliphatic carbocycles. The highest BCUT2D eigenvalue weighted by Crippen LogP contribution is 2.09. The summed E-state index contributed by atoms with van der Waals surface area (Å²) in [6.45, 7) is 9.51. The molecule has 1 aromatic rings. The molecule has 0 aliphatic heterocycles. The highest BCUT2D eigenvalue weighted by Gasteiger charge is 2.10. The van der Waals surface area contributed by atoms with Crippen molar-refractivity contribution >= 4 is 11.7 Å². The maximum atomic E-state index is 12.1.